The van der Waals surface area contributed by atoms with Crippen LogP contribution in [0.1, 0.15) is 37.2 Å². The summed E-state index contributed by atoms with van der Waals surface area (Å²) in [6, 6.07) is 8.47. The normalized spacial score (nSPS) is 25.0. The Morgan fingerprint density at radius 2 is 2.14 bits per heavy atom. The fourth-order valence-corrected chi connectivity index (χ4v) is 4.54. The molecule has 2 aromatic rings. The number of carbonyl (C=O) groups is 1. The van der Waals surface area contributed by atoms with E-state index in [0.29, 0.717) is 6.54 Å². The third-order valence-corrected chi connectivity index (χ3v) is 5.88. The topological polar surface area (TPSA) is 67.2 Å². The summed E-state index contributed by atoms with van der Waals surface area (Å²) in [6.07, 6.45) is 7.23. The first-order valence-corrected chi connectivity index (χ1v) is 9.93. The van der Waals surface area contributed by atoms with Crippen molar-refractivity contribution >= 4 is 5.91 Å². The summed E-state index contributed by atoms with van der Waals surface area (Å²) in [6.45, 7) is 1.41. The minimum Gasteiger partial charge on any atom is -0.336 e. The van der Waals surface area contributed by atoms with E-state index in [1.807, 2.05) is 11.0 Å². The molecular formula is C21H25FN4O2. The van der Waals surface area contributed by atoms with Crippen LogP contribution in [0.5, 0.6) is 0 Å². The molecule has 1 aromatic carbocycles. The van der Waals surface area contributed by atoms with E-state index in [1.165, 1.54) is 16.8 Å². The van der Waals surface area contributed by atoms with Crippen LogP contribution in [0.15, 0.2) is 47.5 Å². The second kappa shape index (κ2) is 8.22. The SMILES string of the molecule is O=C(Cn1cccnc1=O)N1C[C@@H](c2cccc(F)c2)[C@@H]2NCCCCC[C@H]21. The third-order valence-electron chi connectivity index (χ3n) is 5.88. The van der Waals surface area contributed by atoms with Crippen LogP contribution in [0.25, 0.3) is 0 Å². The van der Waals surface area contributed by atoms with Crippen molar-refractivity contribution in [2.24, 2.45) is 0 Å². The molecule has 6 nitrogen and oxygen atoms in total. The maximum absolute atomic E-state index is 13.8. The molecule has 2 fully saturated rings. The summed E-state index contributed by atoms with van der Waals surface area (Å²) >= 11 is 0. The summed E-state index contributed by atoms with van der Waals surface area (Å²) < 4.78 is 15.2. The lowest BCUT2D eigenvalue weighted by molar-refractivity contribution is -0.133. The van der Waals surface area contributed by atoms with Gasteiger partial charge in [-0.2, -0.15) is 0 Å². The van der Waals surface area contributed by atoms with Crippen LogP contribution in [0, 0.1) is 5.82 Å². The number of halogens is 1. The molecule has 1 aromatic heterocycles. The number of rotatable bonds is 3. The van der Waals surface area contributed by atoms with Crippen LogP contribution in [-0.4, -0.2) is 45.5 Å². The number of carbonyl (C=O) groups excluding carboxylic acids is 1. The van der Waals surface area contributed by atoms with Gasteiger partial charge >= 0.3 is 5.69 Å². The first-order valence-electron chi connectivity index (χ1n) is 9.93. The van der Waals surface area contributed by atoms with E-state index in [4.69, 9.17) is 0 Å². The molecule has 2 saturated heterocycles. The number of benzene rings is 1. The zero-order valence-corrected chi connectivity index (χ0v) is 15.8. The van der Waals surface area contributed by atoms with Gasteiger partial charge in [0.15, 0.2) is 0 Å². The molecule has 2 aliphatic heterocycles. The predicted octanol–water partition coefficient (Wildman–Crippen LogP) is 1.91. The van der Waals surface area contributed by atoms with Crippen molar-refractivity contribution in [1.29, 1.82) is 0 Å². The van der Waals surface area contributed by atoms with E-state index in [-0.39, 0.29) is 36.3 Å². The molecular weight excluding hydrogens is 359 g/mol. The van der Waals surface area contributed by atoms with Gasteiger partial charge in [-0.05, 0) is 43.1 Å². The Balaban J connectivity index is 1.61. The highest BCUT2D eigenvalue weighted by Gasteiger charge is 2.44. The van der Waals surface area contributed by atoms with Crippen LogP contribution in [-0.2, 0) is 11.3 Å². The molecule has 3 heterocycles. The van der Waals surface area contributed by atoms with Gasteiger partial charge in [0.2, 0.25) is 5.91 Å². The number of aromatic nitrogens is 2. The highest BCUT2D eigenvalue weighted by atomic mass is 19.1. The van der Waals surface area contributed by atoms with E-state index in [1.54, 1.807) is 24.4 Å². The minimum absolute atomic E-state index is 0.0221. The number of likely N-dealkylation sites (tertiary alicyclic amines) is 1. The predicted molar refractivity (Wildman–Crippen MR) is 103 cm³/mol. The second-order valence-corrected chi connectivity index (χ2v) is 7.63. The molecule has 2 aliphatic rings. The monoisotopic (exact) mass is 384 g/mol. The lowest BCUT2D eigenvalue weighted by Crippen LogP contribution is -2.48. The Hall–Kier alpha value is -2.54. The smallest absolute Gasteiger partial charge is 0.336 e. The van der Waals surface area contributed by atoms with Crippen LogP contribution >= 0.6 is 0 Å². The number of hydrogen-bond donors (Lipinski definition) is 1. The van der Waals surface area contributed by atoms with Gasteiger partial charge in [0.25, 0.3) is 0 Å². The number of fused-ring (bicyclic) bond motifs is 1. The fraction of sp³-hybridized carbons (Fsp3) is 0.476. The van der Waals surface area contributed by atoms with Gasteiger partial charge in [0.05, 0.1) is 0 Å². The van der Waals surface area contributed by atoms with Gasteiger partial charge in [0, 0.05) is 36.9 Å². The summed E-state index contributed by atoms with van der Waals surface area (Å²) in [4.78, 5) is 30.6. The number of hydrogen-bond acceptors (Lipinski definition) is 4. The van der Waals surface area contributed by atoms with Gasteiger partial charge in [-0.25, -0.2) is 14.2 Å². The second-order valence-electron chi connectivity index (χ2n) is 7.63. The average molecular weight is 384 g/mol. The van der Waals surface area contributed by atoms with Gasteiger partial charge in [0.1, 0.15) is 12.4 Å². The fourth-order valence-electron chi connectivity index (χ4n) is 4.54. The Labute approximate surface area is 163 Å². The largest absolute Gasteiger partial charge is 0.347 e. The zero-order chi connectivity index (χ0) is 19.5. The van der Waals surface area contributed by atoms with E-state index in [2.05, 4.69) is 10.3 Å². The lowest BCUT2D eigenvalue weighted by atomic mass is 9.88. The molecule has 0 bridgehead atoms. The number of nitrogens with one attached hydrogen (secondary N) is 1. The van der Waals surface area contributed by atoms with Crippen LogP contribution in [0.2, 0.25) is 0 Å². The molecule has 0 spiro atoms. The van der Waals surface area contributed by atoms with Crippen molar-refractivity contribution in [1.82, 2.24) is 19.8 Å². The molecule has 1 amide bonds. The molecule has 3 atom stereocenters. The van der Waals surface area contributed by atoms with Gasteiger partial charge in [-0.1, -0.05) is 25.0 Å². The highest BCUT2D eigenvalue weighted by Crippen LogP contribution is 2.36. The molecule has 148 valence electrons. The van der Waals surface area contributed by atoms with E-state index in [0.717, 1.165) is 37.8 Å². The average Bonchev–Trinajstić information content (AvgIpc) is 3.01. The Kier molecular flexibility index (Phi) is 5.52. The summed E-state index contributed by atoms with van der Waals surface area (Å²) in [5.74, 6) is -0.314. The van der Waals surface area contributed by atoms with E-state index >= 15 is 0 Å². The van der Waals surface area contributed by atoms with Crippen molar-refractivity contribution in [3.05, 3.63) is 64.6 Å². The van der Waals surface area contributed by atoms with Gasteiger partial charge < -0.3 is 10.2 Å². The van der Waals surface area contributed by atoms with Crippen LogP contribution in [0.3, 0.4) is 0 Å². The molecule has 0 saturated carbocycles. The van der Waals surface area contributed by atoms with Crippen molar-refractivity contribution in [3.63, 3.8) is 0 Å². The summed E-state index contributed by atoms with van der Waals surface area (Å²) in [5.41, 5.74) is 0.487. The van der Waals surface area contributed by atoms with Crippen LogP contribution < -0.4 is 11.0 Å². The van der Waals surface area contributed by atoms with Gasteiger partial charge in [-0.3, -0.25) is 9.36 Å². The Morgan fingerprint density at radius 3 is 2.96 bits per heavy atom. The zero-order valence-electron chi connectivity index (χ0n) is 15.8. The van der Waals surface area contributed by atoms with Crippen molar-refractivity contribution in [2.45, 2.75) is 50.2 Å². The maximum Gasteiger partial charge on any atom is 0.347 e. The standard InChI is InChI=1S/C21H25FN4O2/c22-16-7-4-6-15(12-16)17-13-26(18-8-2-1-3-9-23-20(17)18)19(27)14-25-11-5-10-24-21(25)28/h4-7,10-12,17-18,20,23H,1-3,8-9,13-14H2/t17-,18+,20-/m0/s1. The number of amides is 1. The molecule has 0 radical (unpaired) electrons. The first-order chi connectivity index (χ1) is 13.6. The molecule has 0 aliphatic carbocycles. The molecule has 0 unspecified atom stereocenters. The summed E-state index contributed by atoms with van der Waals surface area (Å²) in [5, 5.41) is 3.61. The van der Waals surface area contributed by atoms with Crippen molar-refractivity contribution < 1.29 is 9.18 Å². The van der Waals surface area contributed by atoms with Crippen LogP contribution in [0.4, 0.5) is 4.39 Å². The van der Waals surface area contributed by atoms with E-state index in [9.17, 15) is 14.0 Å². The van der Waals surface area contributed by atoms with E-state index < -0.39 is 5.69 Å². The van der Waals surface area contributed by atoms with Crippen molar-refractivity contribution in [3.8, 4) is 0 Å². The molecule has 7 heteroatoms. The molecule has 28 heavy (non-hydrogen) atoms. The molecule has 1 N–H and O–H groups in total. The summed E-state index contributed by atoms with van der Waals surface area (Å²) in [7, 11) is 0. The maximum atomic E-state index is 13.8. The van der Waals surface area contributed by atoms with Gasteiger partial charge in [-0.15, -0.1) is 0 Å². The first kappa shape index (κ1) is 18.8. The molecule has 4 rings (SSSR count). The number of nitrogens with zero attached hydrogens (tertiary/aromatic N) is 3. The minimum atomic E-state index is -0.427. The van der Waals surface area contributed by atoms with Crippen molar-refractivity contribution in [2.75, 3.05) is 13.1 Å². The lowest BCUT2D eigenvalue weighted by Gasteiger charge is -2.31. The Morgan fingerprint density at radius 1 is 1.25 bits per heavy atom. The third kappa shape index (κ3) is 3.85. The highest BCUT2D eigenvalue weighted by molar-refractivity contribution is 5.77. The quantitative estimate of drug-likeness (QED) is 0.878. The Bertz CT molecular complexity index is 900.